The molecule has 0 saturated carbocycles. The van der Waals surface area contributed by atoms with Crippen molar-refractivity contribution >= 4 is 28.4 Å². The molecule has 1 heterocycles. The molecule has 4 nitrogen and oxygen atoms in total. The van der Waals surface area contributed by atoms with Gasteiger partial charge in [0.1, 0.15) is 0 Å². The predicted octanol–water partition coefficient (Wildman–Crippen LogP) is 3.95. The molecule has 25 heavy (non-hydrogen) atoms. The van der Waals surface area contributed by atoms with Crippen LogP contribution in [-0.4, -0.2) is 20.6 Å². The summed E-state index contributed by atoms with van der Waals surface area (Å²) in [5.74, 6) is 0.0122. The molecule has 1 atom stereocenters. The highest BCUT2D eigenvalue weighted by atomic mass is 32.2. The van der Waals surface area contributed by atoms with E-state index in [1.165, 1.54) is 11.8 Å². The molecular formula is C20H18N2O2S. The lowest BCUT2D eigenvalue weighted by molar-refractivity contribution is 0.0994. The van der Waals surface area contributed by atoms with Gasteiger partial charge in [-0.25, -0.2) is 4.98 Å². The highest BCUT2D eigenvalue weighted by molar-refractivity contribution is 8.00. The number of allylic oxidation sites excluding steroid dienone is 1. The Labute approximate surface area is 150 Å². The summed E-state index contributed by atoms with van der Waals surface area (Å²) in [6, 6.07) is 16.4. The zero-order valence-corrected chi connectivity index (χ0v) is 14.7. The maximum Gasteiger partial charge on any atom is 0.262 e. The van der Waals surface area contributed by atoms with Crippen LogP contribution >= 0.6 is 11.8 Å². The lowest BCUT2D eigenvalue weighted by atomic mass is 10.1. The zero-order chi connectivity index (χ0) is 17.8. The number of hydrogen-bond acceptors (Lipinski definition) is 4. The number of para-hydroxylation sites is 1. The number of fused-ring (bicyclic) bond motifs is 1. The first kappa shape index (κ1) is 17.2. The number of benzene rings is 2. The highest BCUT2D eigenvalue weighted by Gasteiger charge is 2.20. The first-order valence-electron chi connectivity index (χ1n) is 7.98. The van der Waals surface area contributed by atoms with E-state index in [9.17, 15) is 9.59 Å². The second kappa shape index (κ2) is 7.49. The lowest BCUT2D eigenvalue weighted by Crippen LogP contribution is -2.24. The predicted molar refractivity (Wildman–Crippen MR) is 102 cm³/mol. The van der Waals surface area contributed by atoms with Crippen molar-refractivity contribution in [3.63, 3.8) is 0 Å². The van der Waals surface area contributed by atoms with Crippen molar-refractivity contribution in [2.75, 3.05) is 0 Å². The summed E-state index contributed by atoms with van der Waals surface area (Å²) in [6.07, 6.45) is 1.66. The van der Waals surface area contributed by atoms with Crippen LogP contribution in [0.1, 0.15) is 17.3 Å². The number of ketones is 1. The fraction of sp³-hybridized carbons (Fsp3) is 0.150. The van der Waals surface area contributed by atoms with E-state index in [1.807, 2.05) is 43.3 Å². The number of carbonyl (C=O) groups is 1. The van der Waals surface area contributed by atoms with Gasteiger partial charge < -0.3 is 0 Å². The molecule has 0 radical (unpaired) electrons. The summed E-state index contributed by atoms with van der Waals surface area (Å²) in [5, 5.41) is 0.739. The van der Waals surface area contributed by atoms with Crippen molar-refractivity contribution < 1.29 is 4.79 Å². The molecule has 0 aliphatic rings. The number of hydrogen-bond donors (Lipinski definition) is 0. The van der Waals surface area contributed by atoms with Gasteiger partial charge in [-0.1, -0.05) is 60.3 Å². The molecule has 0 N–H and O–H groups in total. The van der Waals surface area contributed by atoms with Crippen LogP contribution in [0, 0.1) is 0 Å². The van der Waals surface area contributed by atoms with Crippen LogP contribution in [-0.2, 0) is 6.54 Å². The zero-order valence-electron chi connectivity index (χ0n) is 13.9. The third-order valence-corrected chi connectivity index (χ3v) is 4.94. The first-order chi connectivity index (χ1) is 12.1. The monoisotopic (exact) mass is 350 g/mol. The Morgan fingerprint density at radius 2 is 1.88 bits per heavy atom. The minimum absolute atomic E-state index is 0.0122. The fourth-order valence-corrected chi connectivity index (χ4v) is 3.57. The highest BCUT2D eigenvalue weighted by Crippen LogP contribution is 2.25. The molecule has 0 bridgehead atoms. The Kier molecular flexibility index (Phi) is 5.14. The summed E-state index contributed by atoms with van der Waals surface area (Å²) in [4.78, 5) is 29.9. The number of nitrogens with zero attached hydrogens (tertiary/aromatic N) is 2. The van der Waals surface area contributed by atoms with Crippen molar-refractivity contribution in [1.29, 1.82) is 0 Å². The molecular weight excluding hydrogens is 332 g/mol. The number of aromatic nitrogens is 2. The van der Waals surface area contributed by atoms with Crippen molar-refractivity contribution in [2.24, 2.45) is 0 Å². The van der Waals surface area contributed by atoms with Gasteiger partial charge in [0.15, 0.2) is 10.9 Å². The maximum absolute atomic E-state index is 12.7. The fourth-order valence-electron chi connectivity index (χ4n) is 2.58. The molecule has 3 aromatic rings. The Morgan fingerprint density at radius 1 is 1.20 bits per heavy atom. The van der Waals surface area contributed by atoms with Crippen LogP contribution in [0.4, 0.5) is 0 Å². The first-order valence-corrected chi connectivity index (χ1v) is 8.86. The molecule has 0 spiro atoms. The van der Waals surface area contributed by atoms with Crippen LogP contribution in [0.5, 0.6) is 0 Å². The van der Waals surface area contributed by atoms with Gasteiger partial charge in [-0.3, -0.25) is 14.2 Å². The van der Waals surface area contributed by atoms with Crippen LogP contribution in [0.15, 0.2) is 77.2 Å². The van der Waals surface area contributed by atoms with Gasteiger partial charge >= 0.3 is 0 Å². The van der Waals surface area contributed by atoms with E-state index in [1.54, 1.807) is 28.8 Å². The van der Waals surface area contributed by atoms with Crippen LogP contribution in [0.25, 0.3) is 10.9 Å². The Balaban J connectivity index is 2.00. The summed E-state index contributed by atoms with van der Waals surface area (Å²) in [5.41, 5.74) is 1.17. The maximum atomic E-state index is 12.7. The standard InChI is InChI=1S/C20H18N2O2S/c1-3-13-22-19(24)16-11-7-8-12-17(16)21-20(22)25-14(2)18(23)15-9-5-4-6-10-15/h3-12,14H,1,13H2,2H3. The third-order valence-electron chi connectivity index (χ3n) is 3.85. The molecule has 0 amide bonds. The average Bonchev–Trinajstić information content (AvgIpc) is 2.65. The molecule has 3 rings (SSSR count). The van der Waals surface area contributed by atoms with Crippen molar-refractivity contribution in [3.8, 4) is 0 Å². The smallest absolute Gasteiger partial charge is 0.262 e. The molecule has 0 aliphatic heterocycles. The van der Waals surface area contributed by atoms with Gasteiger partial charge in [0.05, 0.1) is 16.2 Å². The SMILES string of the molecule is C=CCn1c(SC(C)C(=O)c2ccccc2)nc2ccccc2c1=O. The van der Waals surface area contributed by atoms with Gasteiger partial charge in [-0.15, -0.1) is 6.58 Å². The molecule has 1 aromatic heterocycles. The van der Waals surface area contributed by atoms with Gasteiger partial charge in [-0.2, -0.15) is 0 Å². The largest absolute Gasteiger partial charge is 0.293 e. The van der Waals surface area contributed by atoms with E-state index in [2.05, 4.69) is 11.6 Å². The second-order valence-corrected chi connectivity index (χ2v) is 6.91. The van der Waals surface area contributed by atoms with Crippen LogP contribution < -0.4 is 5.56 Å². The Hall–Kier alpha value is -2.66. The van der Waals surface area contributed by atoms with Gasteiger partial charge in [0.25, 0.3) is 5.56 Å². The summed E-state index contributed by atoms with van der Waals surface area (Å²) >= 11 is 1.30. The molecule has 126 valence electrons. The molecule has 0 saturated heterocycles. The third kappa shape index (κ3) is 3.56. The average molecular weight is 350 g/mol. The van der Waals surface area contributed by atoms with E-state index in [0.717, 1.165) is 0 Å². The lowest BCUT2D eigenvalue weighted by Gasteiger charge is -2.15. The number of carbonyl (C=O) groups excluding carboxylic acids is 1. The van der Waals surface area contributed by atoms with Gasteiger partial charge in [0, 0.05) is 12.1 Å². The minimum Gasteiger partial charge on any atom is -0.293 e. The second-order valence-electron chi connectivity index (χ2n) is 5.61. The van der Waals surface area contributed by atoms with Crippen LogP contribution in [0.2, 0.25) is 0 Å². The normalized spacial score (nSPS) is 12.0. The molecule has 5 heteroatoms. The van der Waals surface area contributed by atoms with E-state index in [0.29, 0.717) is 28.2 Å². The van der Waals surface area contributed by atoms with E-state index in [-0.39, 0.29) is 16.6 Å². The summed E-state index contributed by atoms with van der Waals surface area (Å²) in [6.45, 7) is 5.90. The van der Waals surface area contributed by atoms with E-state index >= 15 is 0 Å². The molecule has 2 aromatic carbocycles. The van der Waals surface area contributed by atoms with Crippen LogP contribution in [0.3, 0.4) is 0 Å². The number of Topliss-reactive ketones (excluding diaryl/α,β-unsaturated/α-hetero) is 1. The number of thioether (sulfide) groups is 1. The Bertz CT molecular complexity index is 980. The van der Waals surface area contributed by atoms with E-state index in [4.69, 9.17) is 0 Å². The topological polar surface area (TPSA) is 52.0 Å². The van der Waals surface area contributed by atoms with Crippen molar-refractivity contribution in [3.05, 3.63) is 83.2 Å². The van der Waals surface area contributed by atoms with Crippen molar-refractivity contribution in [1.82, 2.24) is 9.55 Å². The Morgan fingerprint density at radius 3 is 2.60 bits per heavy atom. The summed E-state index contributed by atoms with van der Waals surface area (Å²) in [7, 11) is 0. The van der Waals surface area contributed by atoms with Gasteiger partial charge in [-0.05, 0) is 19.1 Å². The summed E-state index contributed by atoms with van der Waals surface area (Å²) < 4.78 is 1.56. The van der Waals surface area contributed by atoms with Crippen molar-refractivity contribution in [2.45, 2.75) is 23.9 Å². The minimum atomic E-state index is -0.355. The molecule has 0 aliphatic carbocycles. The molecule has 0 fully saturated rings. The van der Waals surface area contributed by atoms with E-state index < -0.39 is 0 Å². The number of rotatable bonds is 6. The van der Waals surface area contributed by atoms with Gasteiger partial charge in [0.2, 0.25) is 0 Å². The quantitative estimate of drug-likeness (QED) is 0.292. The molecule has 1 unspecified atom stereocenters.